The van der Waals surface area contributed by atoms with Crippen LogP contribution >= 0.6 is 22.7 Å². The number of nitrogens with zero attached hydrogens (tertiary/aromatic N) is 6. The van der Waals surface area contributed by atoms with Crippen LogP contribution in [-0.4, -0.2) is 49.5 Å². The molecule has 0 aliphatic heterocycles. The molecule has 1 aliphatic carbocycles. The average molecular weight is 518 g/mol. The lowest BCUT2D eigenvalue weighted by Crippen LogP contribution is -2.39. The van der Waals surface area contributed by atoms with E-state index in [-0.39, 0.29) is 22.3 Å². The van der Waals surface area contributed by atoms with Gasteiger partial charge >= 0.3 is 0 Å². The van der Waals surface area contributed by atoms with Crippen LogP contribution in [0.1, 0.15) is 51.8 Å². The summed E-state index contributed by atoms with van der Waals surface area (Å²) in [5, 5.41) is 18.0. The molecule has 4 heterocycles. The number of thiazole rings is 1. The molecule has 35 heavy (non-hydrogen) atoms. The van der Waals surface area contributed by atoms with Crippen molar-refractivity contribution < 1.29 is 18.3 Å². The van der Waals surface area contributed by atoms with Crippen LogP contribution < -0.4 is 10.1 Å². The van der Waals surface area contributed by atoms with Gasteiger partial charge in [0.1, 0.15) is 16.5 Å². The van der Waals surface area contributed by atoms with Gasteiger partial charge in [0.15, 0.2) is 10.8 Å². The van der Waals surface area contributed by atoms with E-state index in [9.17, 15) is 13.6 Å². The van der Waals surface area contributed by atoms with E-state index in [4.69, 9.17) is 9.72 Å². The maximum Gasteiger partial charge on any atom is 0.282 e. The molecule has 1 fully saturated rings. The van der Waals surface area contributed by atoms with Crippen LogP contribution in [-0.2, 0) is 12.5 Å². The van der Waals surface area contributed by atoms with Crippen molar-refractivity contribution in [2.75, 3.05) is 13.7 Å². The molecule has 13 heteroatoms. The van der Waals surface area contributed by atoms with Crippen molar-refractivity contribution in [2.45, 2.75) is 31.1 Å². The summed E-state index contributed by atoms with van der Waals surface area (Å²) in [6.45, 7) is 2.16. The number of carbonyl (C=O) groups excluding carboxylic acids is 1. The van der Waals surface area contributed by atoms with Crippen molar-refractivity contribution in [1.82, 2.24) is 35.3 Å². The zero-order chi connectivity index (χ0) is 24.7. The summed E-state index contributed by atoms with van der Waals surface area (Å²) < 4.78 is 34.5. The number of rotatable bonds is 8. The number of halogens is 2. The minimum absolute atomic E-state index is 0.0313. The third kappa shape index (κ3) is 4.41. The van der Waals surface area contributed by atoms with Gasteiger partial charge < -0.3 is 10.1 Å². The average Bonchev–Trinajstić information content (AvgIpc) is 3.23. The van der Waals surface area contributed by atoms with Crippen molar-refractivity contribution in [3.8, 4) is 16.6 Å². The molecule has 1 saturated carbocycles. The standard InChI is InChI=1S/C22H21F2N7O2S2/c1-22(13-8-27-31(2)20(13)33-3,21-28-15(9-34-21)11-4-5-11)10-26-17(32)19-30-29-18(35-19)16-14(24)6-12(23)7-25-16/h6-9,11H,4-5,10H2,1-3H3,(H,26,32). The fraction of sp³-hybridized carbons (Fsp3) is 0.364. The lowest BCUT2D eigenvalue weighted by atomic mass is 9.84. The van der Waals surface area contributed by atoms with Gasteiger partial charge in [-0.3, -0.25) is 4.79 Å². The zero-order valence-corrected chi connectivity index (χ0v) is 20.7. The molecule has 0 saturated heterocycles. The van der Waals surface area contributed by atoms with Crippen LogP contribution in [0.5, 0.6) is 5.88 Å². The van der Waals surface area contributed by atoms with Gasteiger partial charge in [0.05, 0.1) is 30.6 Å². The Balaban J connectivity index is 1.41. The number of carbonyl (C=O) groups is 1. The van der Waals surface area contributed by atoms with Gasteiger partial charge in [0, 0.05) is 36.5 Å². The van der Waals surface area contributed by atoms with E-state index in [0.29, 0.717) is 17.9 Å². The molecule has 1 atom stereocenters. The number of hydrogen-bond donors (Lipinski definition) is 1. The van der Waals surface area contributed by atoms with E-state index in [2.05, 4.69) is 31.0 Å². The number of methoxy groups -OCH3 is 1. The van der Waals surface area contributed by atoms with Gasteiger partial charge in [0.25, 0.3) is 5.91 Å². The van der Waals surface area contributed by atoms with Crippen LogP contribution in [0.2, 0.25) is 0 Å². The first-order valence-corrected chi connectivity index (χ1v) is 12.4. The Hall–Kier alpha value is -3.32. The molecule has 0 radical (unpaired) electrons. The summed E-state index contributed by atoms with van der Waals surface area (Å²) in [6.07, 6.45) is 4.87. The first-order chi connectivity index (χ1) is 16.8. The Kier molecular flexibility index (Phi) is 6.05. The number of ether oxygens (including phenoxy) is 1. The van der Waals surface area contributed by atoms with Gasteiger partial charge in [-0.25, -0.2) is 23.4 Å². The van der Waals surface area contributed by atoms with E-state index in [1.807, 2.05) is 6.92 Å². The summed E-state index contributed by atoms with van der Waals surface area (Å²) in [5.41, 5.74) is 0.955. The highest BCUT2D eigenvalue weighted by molar-refractivity contribution is 7.16. The lowest BCUT2D eigenvalue weighted by molar-refractivity contribution is 0.0946. The highest BCUT2D eigenvalue weighted by atomic mass is 32.1. The third-order valence-electron chi connectivity index (χ3n) is 5.89. The van der Waals surface area contributed by atoms with Gasteiger partial charge in [0.2, 0.25) is 10.9 Å². The molecule has 9 nitrogen and oxygen atoms in total. The van der Waals surface area contributed by atoms with Crippen molar-refractivity contribution in [2.24, 2.45) is 7.05 Å². The molecule has 182 valence electrons. The van der Waals surface area contributed by atoms with Gasteiger partial charge in [-0.2, -0.15) is 5.10 Å². The number of amides is 1. The third-order valence-corrected chi connectivity index (χ3v) is 7.95. The molecular weight excluding hydrogens is 496 g/mol. The normalized spacial score (nSPS) is 15.1. The maximum atomic E-state index is 14.1. The second-order valence-corrected chi connectivity index (χ2v) is 10.3. The molecule has 4 aromatic rings. The molecule has 0 bridgehead atoms. The predicted molar refractivity (Wildman–Crippen MR) is 126 cm³/mol. The highest BCUT2D eigenvalue weighted by Crippen LogP contribution is 2.44. The maximum absolute atomic E-state index is 14.1. The minimum Gasteiger partial charge on any atom is -0.481 e. The number of aryl methyl sites for hydroxylation is 1. The van der Waals surface area contributed by atoms with Crippen LogP contribution in [0.4, 0.5) is 8.78 Å². The number of hydrogen-bond acceptors (Lipinski definition) is 9. The Labute approximate surface area is 207 Å². The summed E-state index contributed by atoms with van der Waals surface area (Å²) in [5.74, 6) is -1.09. The summed E-state index contributed by atoms with van der Waals surface area (Å²) in [4.78, 5) is 21.6. The second kappa shape index (κ2) is 9.04. The largest absolute Gasteiger partial charge is 0.481 e. The summed E-state index contributed by atoms with van der Waals surface area (Å²) in [6, 6.07) is 0.708. The molecule has 0 spiro atoms. The SMILES string of the molecule is COc1c(C(C)(CNC(=O)c2nnc(-c3ncc(F)cc3F)s2)c2nc(C3CC3)cs2)cnn1C. The molecule has 1 aliphatic rings. The monoisotopic (exact) mass is 517 g/mol. The van der Waals surface area contributed by atoms with Crippen LogP contribution in [0.25, 0.3) is 10.7 Å². The molecule has 0 aromatic carbocycles. The van der Waals surface area contributed by atoms with Crippen LogP contribution in [0.15, 0.2) is 23.8 Å². The smallest absolute Gasteiger partial charge is 0.282 e. The predicted octanol–water partition coefficient (Wildman–Crippen LogP) is 3.69. The number of nitrogens with one attached hydrogen (secondary N) is 1. The Morgan fingerprint density at radius 2 is 2.11 bits per heavy atom. The Morgan fingerprint density at radius 1 is 1.31 bits per heavy atom. The fourth-order valence-electron chi connectivity index (χ4n) is 3.75. The van der Waals surface area contributed by atoms with Crippen molar-refractivity contribution in [3.05, 3.63) is 56.7 Å². The van der Waals surface area contributed by atoms with E-state index in [1.165, 1.54) is 11.3 Å². The van der Waals surface area contributed by atoms with Crippen molar-refractivity contribution in [3.63, 3.8) is 0 Å². The summed E-state index contributed by atoms with van der Waals surface area (Å²) in [7, 11) is 3.35. The van der Waals surface area contributed by atoms with Crippen molar-refractivity contribution >= 4 is 28.6 Å². The molecule has 1 unspecified atom stereocenters. The number of aromatic nitrogens is 6. The van der Waals surface area contributed by atoms with Crippen LogP contribution in [0.3, 0.4) is 0 Å². The molecule has 5 rings (SSSR count). The lowest BCUT2D eigenvalue weighted by Gasteiger charge is -2.27. The van der Waals surface area contributed by atoms with Gasteiger partial charge in [-0.05, 0) is 19.8 Å². The van der Waals surface area contributed by atoms with Crippen molar-refractivity contribution in [1.29, 1.82) is 0 Å². The van der Waals surface area contributed by atoms with E-state index in [0.717, 1.165) is 46.6 Å². The molecule has 4 aromatic heterocycles. The Morgan fingerprint density at radius 3 is 2.83 bits per heavy atom. The topological polar surface area (TPSA) is 108 Å². The van der Waals surface area contributed by atoms with Crippen LogP contribution in [0, 0.1) is 11.6 Å². The first-order valence-electron chi connectivity index (χ1n) is 10.8. The minimum atomic E-state index is -0.875. The van der Waals surface area contributed by atoms with E-state index >= 15 is 0 Å². The van der Waals surface area contributed by atoms with Gasteiger partial charge in [-0.15, -0.1) is 21.5 Å². The van der Waals surface area contributed by atoms with Gasteiger partial charge in [-0.1, -0.05) is 11.3 Å². The molecule has 1 amide bonds. The quantitative estimate of drug-likeness (QED) is 0.380. The van der Waals surface area contributed by atoms with E-state index < -0.39 is 23.0 Å². The second-order valence-electron chi connectivity index (χ2n) is 8.45. The number of pyridine rings is 1. The zero-order valence-electron chi connectivity index (χ0n) is 19.1. The molecule has 1 N–H and O–H groups in total. The molecular formula is C22H21F2N7O2S2. The fourth-order valence-corrected chi connectivity index (χ4v) is 5.59. The summed E-state index contributed by atoms with van der Waals surface area (Å²) >= 11 is 2.41. The Bertz CT molecular complexity index is 1400. The first kappa shape index (κ1) is 23.4. The highest BCUT2D eigenvalue weighted by Gasteiger charge is 2.39. The van der Waals surface area contributed by atoms with E-state index in [1.54, 1.807) is 25.0 Å².